The van der Waals surface area contributed by atoms with E-state index in [0.717, 1.165) is 6.42 Å². The Labute approximate surface area is 84.2 Å². The van der Waals surface area contributed by atoms with Gasteiger partial charge < -0.3 is 4.74 Å². The zero-order valence-corrected chi connectivity index (χ0v) is 8.27. The minimum atomic E-state index is -0.200. The van der Waals surface area contributed by atoms with Crippen LogP contribution in [0.3, 0.4) is 0 Å². The van der Waals surface area contributed by atoms with Gasteiger partial charge in [0, 0.05) is 0 Å². The van der Waals surface area contributed by atoms with Gasteiger partial charge in [0.25, 0.3) is 0 Å². The number of allylic oxidation sites excluding steroid dienone is 1. The molecule has 0 aliphatic heterocycles. The predicted octanol–water partition coefficient (Wildman–Crippen LogP) is 2.35. The number of ether oxygens (including phenoxy) is 1. The van der Waals surface area contributed by atoms with Crippen LogP contribution in [0.5, 0.6) is 0 Å². The van der Waals surface area contributed by atoms with Gasteiger partial charge in [-0.1, -0.05) is 42.5 Å². The molecule has 14 heavy (non-hydrogen) atoms. The Kier molecular flexibility index (Phi) is 4.48. The summed E-state index contributed by atoms with van der Waals surface area (Å²) in [5.74, 6) is -0.200. The van der Waals surface area contributed by atoms with Crippen molar-refractivity contribution in [3.05, 3.63) is 48.0 Å². The second-order valence-electron chi connectivity index (χ2n) is 2.94. The molecule has 2 heteroatoms. The fourth-order valence-electron chi connectivity index (χ4n) is 1.10. The number of carbonyl (C=O) groups is 1. The summed E-state index contributed by atoms with van der Waals surface area (Å²) in [5, 5.41) is 0. The van der Waals surface area contributed by atoms with Crippen molar-refractivity contribution in [2.75, 3.05) is 7.11 Å². The molecule has 1 aromatic carbocycles. The molecule has 0 radical (unpaired) electrons. The van der Waals surface area contributed by atoms with Gasteiger partial charge in [0.15, 0.2) is 0 Å². The largest absolute Gasteiger partial charge is 0.469 e. The van der Waals surface area contributed by atoms with E-state index in [0.29, 0.717) is 6.42 Å². The molecule has 0 saturated heterocycles. The highest BCUT2D eigenvalue weighted by Gasteiger charge is 1.93. The van der Waals surface area contributed by atoms with Crippen LogP contribution in [-0.2, 0) is 16.0 Å². The summed E-state index contributed by atoms with van der Waals surface area (Å²) < 4.78 is 4.51. The SMILES string of the molecule is COC(=O)C/C=C/Cc1ccccc1. The summed E-state index contributed by atoms with van der Waals surface area (Å²) in [6.45, 7) is 0. The van der Waals surface area contributed by atoms with Crippen molar-refractivity contribution in [1.29, 1.82) is 0 Å². The lowest BCUT2D eigenvalue weighted by molar-refractivity contribution is -0.139. The zero-order chi connectivity index (χ0) is 10.2. The van der Waals surface area contributed by atoms with E-state index < -0.39 is 0 Å². The highest BCUT2D eigenvalue weighted by Crippen LogP contribution is 2.00. The van der Waals surface area contributed by atoms with E-state index >= 15 is 0 Å². The lowest BCUT2D eigenvalue weighted by atomic mass is 10.1. The first-order valence-electron chi connectivity index (χ1n) is 4.58. The smallest absolute Gasteiger partial charge is 0.309 e. The number of hydrogen-bond donors (Lipinski definition) is 0. The topological polar surface area (TPSA) is 26.3 Å². The second kappa shape index (κ2) is 5.97. The Balaban J connectivity index is 2.31. The van der Waals surface area contributed by atoms with E-state index in [1.54, 1.807) is 0 Å². The van der Waals surface area contributed by atoms with Gasteiger partial charge in [-0.15, -0.1) is 0 Å². The first-order chi connectivity index (χ1) is 6.83. The van der Waals surface area contributed by atoms with Crippen molar-refractivity contribution in [2.45, 2.75) is 12.8 Å². The average molecular weight is 190 g/mol. The van der Waals surface area contributed by atoms with Crippen LogP contribution in [0.2, 0.25) is 0 Å². The van der Waals surface area contributed by atoms with Gasteiger partial charge in [-0.2, -0.15) is 0 Å². The molecular weight excluding hydrogens is 176 g/mol. The highest BCUT2D eigenvalue weighted by atomic mass is 16.5. The van der Waals surface area contributed by atoms with Crippen molar-refractivity contribution >= 4 is 5.97 Å². The maximum atomic E-state index is 10.7. The zero-order valence-electron chi connectivity index (χ0n) is 8.27. The van der Waals surface area contributed by atoms with Crippen LogP contribution in [0, 0.1) is 0 Å². The van der Waals surface area contributed by atoms with Gasteiger partial charge in [-0.05, 0) is 12.0 Å². The third-order valence-electron chi connectivity index (χ3n) is 1.88. The molecule has 0 saturated carbocycles. The third kappa shape index (κ3) is 3.90. The predicted molar refractivity (Wildman–Crippen MR) is 55.9 cm³/mol. The summed E-state index contributed by atoms with van der Waals surface area (Å²) in [6, 6.07) is 10.1. The maximum Gasteiger partial charge on any atom is 0.309 e. The Morgan fingerprint density at radius 1 is 1.29 bits per heavy atom. The maximum absolute atomic E-state index is 10.7. The molecule has 0 aliphatic carbocycles. The van der Waals surface area contributed by atoms with Gasteiger partial charge in [-0.3, -0.25) is 4.79 Å². The van der Waals surface area contributed by atoms with Crippen molar-refractivity contribution in [3.8, 4) is 0 Å². The third-order valence-corrected chi connectivity index (χ3v) is 1.88. The molecule has 0 aliphatic rings. The number of methoxy groups -OCH3 is 1. The molecule has 0 N–H and O–H groups in total. The average Bonchev–Trinajstić information content (AvgIpc) is 2.25. The fourth-order valence-corrected chi connectivity index (χ4v) is 1.10. The molecule has 0 aromatic heterocycles. The summed E-state index contributed by atoms with van der Waals surface area (Å²) in [7, 11) is 1.40. The van der Waals surface area contributed by atoms with Crippen molar-refractivity contribution in [3.63, 3.8) is 0 Å². The Bertz CT molecular complexity index is 301. The summed E-state index contributed by atoms with van der Waals surface area (Å²) in [4.78, 5) is 10.7. The van der Waals surface area contributed by atoms with Crippen molar-refractivity contribution in [1.82, 2.24) is 0 Å². The van der Waals surface area contributed by atoms with Crippen molar-refractivity contribution < 1.29 is 9.53 Å². The summed E-state index contributed by atoms with van der Waals surface area (Å²) in [6.07, 6.45) is 5.02. The van der Waals surface area contributed by atoms with Gasteiger partial charge in [0.2, 0.25) is 0 Å². The van der Waals surface area contributed by atoms with Crippen LogP contribution in [0.25, 0.3) is 0 Å². The van der Waals surface area contributed by atoms with E-state index in [1.807, 2.05) is 30.4 Å². The lowest BCUT2D eigenvalue weighted by Gasteiger charge is -1.94. The van der Waals surface area contributed by atoms with Crippen LogP contribution in [0.15, 0.2) is 42.5 Å². The number of esters is 1. The number of carbonyl (C=O) groups excluding carboxylic acids is 1. The van der Waals surface area contributed by atoms with Crippen LogP contribution < -0.4 is 0 Å². The molecular formula is C12H14O2. The van der Waals surface area contributed by atoms with Gasteiger partial charge in [0.05, 0.1) is 13.5 Å². The number of hydrogen-bond acceptors (Lipinski definition) is 2. The van der Waals surface area contributed by atoms with Crippen LogP contribution in [0.1, 0.15) is 12.0 Å². The van der Waals surface area contributed by atoms with Crippen LogP contribution >= 0.6 is 0 Å². The van der Waals surface area contributed by atoms with E-state index in [9.17, 15) is 4.79 Å². The second-order valence-corrected chi connectivity index (χ2v) is 2.94. The van der Waals surface area contributed by atoms with E-state index in [-0.39, 0.29) is 5.97 Å². The van der Waals surface area contributed by atoms with E-state index in [4.69, 9.17) is 0 Å². The minimum Gasteiger partial charge on any atom is -0.469 e. The van der Waals surface area contributed by atoms with Gasteiger partial charge >= 0.3 is 5.97 Å². The Morgan fingerprint density at radius 2 is 2.00 bits per heavy atom. The molecule has 0 bridgehead atoms. The number of rotatable bonds is 4. The van der Waals surface area contributed by atoms with E-state index in [1.165, 1.54) is 12.7 Å². The molecule has 74 valence electrons. The summed E-state index contributed by atoms with van der Waals surface area (Å²) in [5.41, 5.74) is 1.24. The highest BCUT2D eigenvalue weighted by molar-refractivity contribution is 5.70. The molecule has 0 atom stereocenters. The first kappa shape index (κ1) is 10.5. The van der Waals surface area contributed by atoms with E-state index in [2.05, 4.69) is 16.9 Å². The number of benzene rings is 1. The lowest BCUT2D eigenvalue weighted by Crippen LogP contribution is -1.96. The molecule has 1 aromatic rings. The molecule has 0 unspecified atom stereocenters. The quantitative estimate of drug-likeness (QED) is 0.538. The summed E-state index contributed by atoms with van der Waals surface area (Å²) >= 11 is 0. The molecule has 0 heterocycles. The fraction of sp³-hybridized carbons (Fsp3) is 0.250. The molecule has 0 spiro atoms. The minimum absolute atomic E-state index is 0.200. The van der Waals surface area contributed by atoms with Crippen LogP contribution in [-0.4, -0.2) is 13.1 Å². The molecule has 2 nitrogen and oxygen atoms in total. The normalized spacial score (nSPS) is 10.4. The standard InChI is InChI=1S/C12H14O2/c1-14-12(13)10-6-5-9-11-7-3-2-4-8-11/h2-8H,9-10H2,1H3/b6-5+. The Hall–Kier alpha value is -1.57. The molecule has 0 amide bonds. The van der Waals surface area contributed by atoms with Gasteiger partial charge in [-0.25, -0.2) is 0 Å². The van der Waals surface area contributed by atoms with Gasteiger partial charge in [0.1, 0.15) is 0 Å². The monoisotopic (exact) mass is 190 g/mol. The molecule has 0 fully saturated rings. The van der Waals surface area contributed by atoms with Crippen LogP contribution in [0.4, 0.5) is 0 Å². The first-order valence-corrected chi connectivity index (χ1v) is 4.58. The Morgan fingerprint density at radius 3 is 2.64 bits per heavy atom. The molecule has 1 rings (SSSR count). The van der Waals surface area contributed by atoms with Crippen molar-refractivity contribution in [2.24, 2.45) is 0 Å².